The highest BCUT2D eigenvalue weighted by molar-refractivity contribution is 6.43. The summed E-state index contributed by atoms with van der Waals surface area (Å²) in [6, 6.07) is 0. The van der Waals surface area contributed by atoms with E-state index in [-0.39, 0.29) is 0 Å². The number of rotatable bonds is 0. The molecule has 0 aromatic carbocycles. The van der Waals surface area contributed by atoms with Gasteiger partial charge in [-0.1, -0.05) is 23.8 Å². The molecule has 0 unspecified atom stereocenters. The summed E-state index contributed by atoms with van der Waals surface area (Å²) >= 11 is 5.55. The molecule has 42 valence electrons. The van der Waals surface area contributed by atoms with Gasteiger partial charge < -0.3 is 5.41 Å². The van der Waals surface area contributed by atoms with Gasteiger partial charge in [0, 0.05) is 6.42 Å². The Bertz CT molecular complexity index is 167. The molecule has 0 fully saturated rings. The van der Waals surface area contributed by atoms with E-state index >= 15 is 0 Å². The van der Waals surface area contributed by atoms with Crippen molar-refractivity contribution in [3.63, 3.8) is 0 Å². The van der Waals surface area contributed by atoms with Gasteiger partial charge in [0.25, 0.3) is 0 Å². The Balaban J connectivity index is 2.80. The monoisotopic (exact) mass is 127 g/mol. The molecule has 0 amide bonds. The Labute approximate surface area is 53.2 Å². The molecule has 0 spiro atoms. The molecule has 0 saturated carbocycles. The summed E-state index contributed by atoms with van der Waals surface area (Å²) in [7, 11) is 0. The highest BCUT2D eigenvalue weighted by Gasteiger charge is 2.00. The number of hydrogen-bond acceptors (Lipinski definition) is 1. The second-order valence-corrected chi connectivity index (χ2v) is 2.03. The van der Waals surface area contributed by atoms with E-state index < -0.39 is 0 Å². The average Bonchev–Trinajstić information content (AvgIpc) is 1.77. The molecule has 0 bridgehead atoms. The van der Waals surface area contributed by atoms with Crippen LogP contribution in [0.2, 0.25) is 0 Å². The van der Waals surface area contributed by atoms with Crippen molar-refractivity contribution < 1.29 is 0 Å². The maximum atomic E-state index is 7.14. The van der Waals surface area contributed by atoms with Crippen molar-refractivity contribution in [2.45, 2.75) is 6.42 Å². The van der Waals surface area contributed by atoms with Gasteiger partial charge in [-0.25, -0.2) is 0 Å². The number of hydrogen-bond donors (Lipinski definition) is 1. The lowest BCUT2D eigenvalue weighted by Gasteiger charge is -1.99. The molecule has 1 nitrogen and oxygen atoms in total. The summed E-state index contributed by atoms with van der Waals surface area (Å²) in [5, 5.41) is 7.71. The highest BCUT2D eigenvalue weighted by Crippen LogP contribution is 2.10. The quantitative estimate of drug-likeness (QED) is 0.515. The molecular weight excluding hydrogens is 122 g/mol. The zero-order valence-corrected chi connectivity index (χ0v) is 5.07. The van der Waals surface area contributed by atoms with Crippen molar-refractivity contribution >= 4 is 17.3 Å². The molecule has 8 heavy (non-hydrogen) atoms. The van der Waals surface area contributed by atoms with Crippen molar-refractivity contribution in [3.05, 3.63) is 23.3 Å². The van der Waals surface area contributed by atoms with Crippen LogP contribution in [0.25, 0.3) is 0 Å². The van der Waals surface area contributed by atoms with Crippen molar-refractivity contribution in [3.8, 4) is 0 Å². The van der Waals surface area contributed by atoms with E-state index in [0.29, 0.717) is 17.2 Å². The Hall–Kier alpha value is -0.560. The van der Waals surface area contributed by atoms with Gasteiger partial charge in [0.15, 0.2) is 0 Å². The lowest BCUT2D eigenvalue weighted by Crippen LogP contribution is -1.95. The molecule has 1 aliphatic rings. The van der Waals surface area contributed by atoms with Gasteiger partial charge in [-0.3, -0.25) is 0 Å². The fourth-order valence-corrected chi connectivity index (χ4v) is 0.686. The topological polar surface area (TPSA) is 23.9 Å². The molecule has 0 aromatic rings. The van der Waals surface area contributed by atoms with Crippen LogP contribution in [0.4, 0.5) is 0 Å². The van der Waals surface area contributed by atoms with Crippen LogP contribution >= 0.6 is 11.6 Å². The van der Waals surface area contributed by atoms with Crippen LogP contribution in [0.3, 0.4) is 0 Å². The van der Waals surface area contributed by atoms with Gasteiger partial charge in [-0.2, -0.15) is 0 Å². The second kappa shape index (κ2) is 2.14. The Morgan fingerprint density at radius 3 is 2.75 bits per heavy atom. The summed E-state index contributed by atoms with van der Waals surface area (Å²) in [5.74, 6) is 0. The van der Waals surface area contributed by atoms with Crippen molar-refractivity contribution in [1.29, 1.82) is 5.41 Å². The number of halogens is 1. The van der Waals surface area contributed by atoms with Crippen LogP contribution < -0.4 is 0 Å². The Kier molecular flexibility index (Phi) is 1.49. The summed E-state index contributed by atoms with van der Waals surface area (Å²) in [4.78, 5) is 0. The fourth-order valence-electron chi connectivity index (χ4n) is 0.537. The SMILES string of the molecule is N=C1CC=CC=C1Cl. The first-order chi connectivity index (χ1) is 3.80. The standard InChI is InChI=1S/C6H6ClN/c7-5-3-1-2-4-6(5)8/h1-3,8H,4H2. The largest absolute Gasteiger partial charge is 0.303 e. The molecule has 0 saturated heterocycles. The van der Waals surface area contributed by atoms with Crippen LogP contribution in [-0.4, -0.2) is 5.71 Å². The van der Waals surface area contributed by atoms with Crippen molar-refractivity contribution in [2.24, 2.45) is 0 Å². The molecule has 2 heteroatoms. The lowest BCUT2D eigenvalue weighted by atomic mass is 10.2. The van der Waals surface area contributed by atoms with Crippen LogP contribution in [-0.2, 0) is 0 Å². The average molecular weight is 128 g/mol. The Morgan fingerprint density at radius 1 is 1.62 bits per heavy atom. The number of allylic oxidation sites excluding steroid dienone is 4. The van der Waals surface area contributed by atoms with E-state index in [1.54, 1.807) is 6.08 Å². The van der Waals surface area contributed by atoms with E-state index in [9.17, 15) is 0 Å². The first-order valence-corrected chi connectivity index (χ1v) is 2.78. The zero-order chi connectivity index (χ0) is 5.98. The third-order valence-corrected chi connectivity index (χ3v) is 1.34. The second-order valence-electron chi connectivity index (χ2n) is 1.63. The molecule has 0 aromatic heterocycles. The minimum Gasteiger partial charge on any atom is -0.303 e. The normalized spacial score (nSPS) is 18.6. The maximum absolute atomic E-state index is 7.14. The van der Waals surface area contributed by atoms with Gasteiger partial charge in [-0.05, 0) is 6.08 Å². The van der Waals surface area contributed by atoms with E-state index in [2.05, 4.69) is 0 Å². The van der Waals surface area contributed by atoms with Gasteiger partial charge >= 0.3 is 0 Å². The molecule has 0 atom stereocenters. The molecular formula is C6H6ClN. The van der Waals surface area contributed by atoms with E-state index in [0.717, 1.165) is 0 Å². The predicted octanol–water partition coefficient (Wildman–Crippen LogP) is 2.09. The molecule has 1 rings (SSSR count). The van der Waals surface area contributed by atoms with E-state index in [4.69, 9.17) is 17.0 Å². The third kappa shape index (κ3) is 0.984. The van der Waals surface area contributed by atoms with Crippen LogP contribution in [0, 0.1) is 5.41 Å². The van der Waals surface area contributed by atoms with Gasteiger partial charge in [0.1, 0.15) is 0 Å². The molecule has 0 heterocycles. The smallest absolute Gasteiger partial charge is 0.0616 e. The summed E-state index contributed by atoms with van der Waals surface area (Å²) in [6.07, 6.45) is 6.18. The van der Waals surface area contributed by atoms with Crippen LogP contribution in [0.1, 0.15) is 6.42 Å². The Morgan fingerprint density at radius 2 is 2.38 bits per heavy atom. The third-order valence-electron chi connectivity index (χ3n) is 0.989. The summed E-state index contributed by atoms with van der Waals surface area (Å²) in [6.45, 7) is 0. The fraction of sp³-hybridized carbons (Fsp3) is 0.167. The predicted molar refractivity (Wildman–Crippen MR) is 35.4 cm³/mol. The number of nitrogens with one attached hydrogen (secondary N) is 1. The summed E-state index contributed by atoms with van der Waals surface area (Å²) < 4.78 is 0. The lowest BCUT2D eigenvalue weighted by molar-refractivity contribution is 1.36. The van der Waals surface area contributed by atoms with Crippen molar-refractivity contribution in [1.82, 2.24) is 0 Å². The molecule has 0 aliphatic heterocycles. The van der Waals surface area contributed by atoms with Crippen LogP contribution in [0.5, 0.6) is 0 Å². The molecule has 0 radical (unpaired) electrons. The zero-order valence-electron chi connectivity index (χ0n) is 4.32. The minimum atomic E-state index is 0.508. The van der Waals surface area contributed by atoms with E-state index in [1.807, 2.05) is 12.2 Å². The van der Waals surface area contributed by atoms with Crippen molar-refractivity contribution in [2.75, 3.05) is 0 Å². The molecule has 1 N–H and O–H groups in total. The first-order valence-electron chi connectivity index (χ1n) is 2.41. The summed E-state index contributed by atoms with van der Waals surface area (Å²) in [5.41, 5.74) is 0.508. The minimum absolute atomic E-state index is 0.508. The van der Waals surface area contributed by atoms with Crippen LogP contribution in [0.15, 0.2) is 23.3 Å². The van der Waals surface area contributed by atoms with Gasteiger partial charge in [-0.15, -0.1) is 0 Å². The maximum Gasteiger partial charge on any atom is 0.0616 e. The van der Waals surface area contributed by atoms with Gasteiger partial charge in [0.2, 0.25) is 0 Å². The first kappa shape index (κ1) is 5.57. The highest BCUT2D eigenvalue weighted by atomic mass is 35.5. The molecule has 1 aliphatic carbocycles. The van der Waals surface area contributed by atoms with Gasteiger partial charge in [0.05, 0.1) is 10.7 Å². The van der Waals surface area contributed by atoms with E-state index in [1.165, 1.54) is 0 Å².